The van der Waals surface area contributed by atoms with E-state index < -0.39 is 5.92 Å². The molecule has 108 valence electrons. The zero-order valence-corrected chi connectivity index (χ0v) is 13.9. The molecule has 0 fully saturated rings. The maximum absolute atomic E-state index is 9.51. The molecule has 1 unspecified atom stereocenters. The van der Waals surface area contributed by atoms with Gasteiger partial charge >= 0.3 is 0 Å². The van der Waals surface area contributed by atoms with Crippen molar-refractivity contribution in [1.82, 2.24) is 0 Å². The molecule has 0 N–H and O–H groups in total. The molecule has 0 saturated carbocycles. The number of nitriles is 1. The number of methoxy groups -OCH3 is 1. The van der Waals surface area contributed by atoms with Crippen LogP contribution in [0.3, 0.4) is 0 Å². The highest BCUT2D eigenvalue weighted by atomic mass is 35.5. The van der Waals surface area contributed by atoms with Crippen LogP contribution in [0.1, 0.15) is 17.0 Å². The van der Waals surface area contributed by atoms with Gasteiger partial charge in [-0.05, 0) is 23.8 Å². The van der Waals surface area contributed by atoms with Gasteiger partial charge in [-0.1, -0.05) is 58.5 Å². The molecule has 6 heteroatoms. The molecule has 0 aliphatic rings. The van der Waals surface area contributed by atoms with Crippen molar-refractivity contribution in [3.8, 4) is 11.8 Å². The third-order valence-electron chi connectivity index (χ3n) is 3.01. The van der Waals surface area contributed by atoms with Gasteiger partial charge in [0.2, 0.25) is 0 Å². The largest absolute Gasteiger partial charge is 0.497 e. The number of hydrogen-bond donors (Lipinski definition) is 0. The van der Waals surface area contributed by atoms with Gasteiger partial charge in [0, 0.05) is 5.56 Å². The second-order valence-electron chi connectivity index (χ2n) is 4.22. The first kappa shape index (κ1) is 16.3. The Hall–Kier alpha value is -1.11. The van der Waals surface area contributed by atoms with Gasteiger partial charge in [0.25, 0.3) is 0 Å². The van der Waals surface area contributed by atoms with Crippen LogP contribution in [0.25, 0.3) is 0 Å². The van der Waals surface area contributed by atoms with E-state index in [2.05, 4.69) is 6.07 Å². The topological polar surface area (TPSA) is 33.0 Å². The first-order chi connectivity index (χ1) is 9.99. The Morgan fingerprint density at radius 1 is 1.00 bits per heavy atom. The fraction of sp³-hybridized carbons (Fsp3) is 0.133. The summed E-state index contributed by atoms with van der Waals surface area (Å²) in [7, 11) is 1.57. The zero-order valence-electron chi connectivity index (χ0n) is 10.8. The van der Waals surface area contributed by atoms with Crippen LogP contribution in [0.5, 0.6) is 5.75 Å². The Morgan fingerprint density at radius 3 is 1.95 bits per heavy atom. The third-order valence-corrected chi connectivity index (χ3v) is 4.62. The van der Waals surface area contributed by atoms with Crippen molar-refractivity contribution < 1.29 is 4.74 Å². The summed E-state index contributed by atoms with van der Waals surface area (Å²) in [6, 6.07) is 10.7. The lowest BCUT2D eigenvalue weighted by Gasteiger charge is -2.16. The molecule has 0 saturated heterocycles. The van der Waals surface area contributed by atoms with E-state index in [0.29, 0.717) is 11.3 Å². The number of benzene rings is 2. The van der Waals surface area contributed by atoms with Gasteiger partial charge in [-0.25, -0.2) is 0 Å². The predicted molar refractivity (Wildman–Crippen MR) is 86.9 cm³/mol. The van der Waals surface area contributed by atoms with Crippen molar-refractivity contribution in [2.45, 2.75) is 5.92 Å². The van der Waals surface area contributed by atoms with Gasteiger partial charge in [0.05, 0.1) is 39.2 Å². The summed E-state index contributed by atoms with van der Waals surface area (Å²) in [5, 5.41) is 10.5. The van der Waals surface area contributed by atoms with E-state index >= 15 is 0 Å². The first-order valence-corrected chi connectivity index (χ1v) is 7.37. The number of halogens is 4. The molecule has 0 bridgehead atoms. The first-order valence-electron chi connectivity index (χ1n) is 5.86. The fourth-order valence-corrected chi connectivity index (χ4v) is 2.99. The van der Waals surface area contributed by atoms with Gasteiger partial charge in [0.1, 0.15) is 5.75 Å². The molecule has 21 heavy (non-hydrogen) atoms. The number of rotatable bonds is 3. The summed E-state index contributed by atoms with van der Waals surface area (Å²) < 4.78 is 5.10. The van der Waals surface area contributed by atoms with Crippen molar-refractivity contribution in [3.05, 3.63) is 61.5 Å². The Morgan fingerprint density at radius 2 is 1.52 bits per heavy atom. The highest BCUT2D eigenvalue weighted by Gasteiger charge is 2.23. The van der Waals surface area contributed by atoms with Crippen molar-refractivity contribution in [1.29, 1.82) is 5.26 Å². The Labute approximate surface area is 142 Å². The molecule has 0 aliphatic carbocycles. The minimum absolute atomic E-state index is 0.230. The summed E-state index contributed by atoms with van der Waals surface area (Å²) in [6.45, 7) is 0. The highest BCUT2D eigenvalue weighted by molar-refractivity contribution is 6.48. The van der Waals surface area contributed by atoms with Crippen LogP contribution in [0.4, 0.5) is 0 Å². The van der Waals surface area contributed by atoms with Crippen molar-refractivity contribution in [2.24, 2.45) is 0 Å². The minimum Gasteiger partial charge on any atom is -0.497 e. The number of hydrogen-bond acceptors (Lipinski definition) is 2. The van der Waals surface area contributed by atoms with Crippen LogP contribution in [-0.4, -0.2) is 7.11 Å². The van der Waals surface area contributed by atoms with Crippen LogP contribution in [-0.2, 0) is 0 Å². The molecule has 0 aliphatic heterocycles. The van der Waals surface area contributed by atoms with Crippen LogP contribution >= 0.6 is 46.4 Å². The zero-order chi connectivity index (χ0) is 15.6. The summed E-state index contributed by atoms with van der Waals surface area (Å²) >= 11 is 24.4. The second kappa shape index (κ2) is 6.77. The van der Waals surface area contributed by atoms with Crippen molar-refractivity contribution >= 4 is 46.4 Å². The van der Waals surface area contributed by atoms with Gasteiger partial charge in [-0.3, -0.25) is 0 Å². The molecule has 0 heterocycles. The van der Waals surface area contributed by atoms with Gasteiger partial charge in [-0.15, -0.1) is 0 Å². The van der Waals surface area contributed by atoms with E-state index in [-0.39, 0.29) is 20.1 Å². The molecule has 1 atom stereocenters. The lowest BCUT2D eigenvalue weighted by Crippen LogP contribution is -2.01. The maximum atomic E-state index is 9.51. The molecule has 2 aromatic carbocycles. The standard InChI is InChI=1S/C15H9Cl4NO/c1-21-9-4-2-8(3-5-9)10(7-20)13-14(18)11(16)6-12(17)15(13)19/h2-6,10H,1H3. The Kier molecular flexibility index (Phi) is 5.24. The molecule has 2 rings (SSSR count). The van der Waals surface area contributed by atoms with Crippen LogP contribution in [0, 0.1) is 11.3 Å². The lowest BCUT2D eigenvalue weighted by atomic mass is 9.92. The van der Waals surface area contributed by atoms with Crippen molar-refractivity contribution in [2.75, 3.05) is 7.11 Å². The highest BCUT2D eigenvalue weighted by Crippen LogP contribution is 2.43. The summed E-state index contributed by atoms with van der Waals surface area (Å²) in [4.78, 5) is 0. The van der Waals surface area contributed by atoms with E-state index in [4.69, 9.17) is 51.1 Å². The fourth-order valence-electron chi connectivity index (χ4n) is 1.95. The summed E-state index contributed by atoms with van der Waals surface area (Å²) in [6.07, 6.45) is 0. The van der Waals surface area contributed by atoms with E-state index in [0.717, 1.165) is 5.56 Å². The lowest BCUT2D eigenvalue weighted by molar-refractivity contribution is 0.414. The quantitative estimate of drug-likeness (QED) is 0.632. The minimum atomic E-state index is -0.674. The number of nitrogens with zero attached hydrogens (tertiary/aromatic N) is 1. The maximum Gasteiger partial charge on any atom is 0.118 e. The molecular formula is C15H9Cl4NO. The van der Waals surface area contributed by atoms with Gasteiger partial charge in [0.15, 0.2) is 0 Å². The van der Waals surface area contributed by atoms with Crippen molar-refractivity contribution in [3.63, 3.8) is 0 Å². The molecule has 2 aromatic rings. The SMILES string of the molecule is COc1ccc(C(C#N)c2c(Cl)c(Cl)cc(Cl)c2Cl)cc1. The van der Waals surface area contributed by atoms with Gasteiger partial charge < -0.3 is 4.74 Å². The second-order valence-corrected chi connectivity index (χ2v) is 5.79. The monoisotopic (exact) mass is 359 g/mol. The van der Waals surface area contributed by atoms with Crippen LogP contribution in [0.2, 0.25) is 20.1 Å². The normalized spacial score (nSPS) is 11.8. The Bertz CT molecular complexity index is 681. The molecule has 2 nitrogen and oxygen atoms in total. The average Bonchev–Trinajstić information content (AvgIpc) is 2.50. The molecule has 0 radical (unpaired) electrons. The summed E-state index contributed by atoms with van der Waals surface area (Å²) in [5.74, 6) is 0.0175. The van der Waals surface area contributed by atoms with Gasteiger partial charge in [-0.2, -0.15) is 5.26 Å². The number of ether oxygens (including phenoxy) is 1. The Balaban J connectivity index is 2.59. The van der Waals surface area contributed by atoms with Crippen LogP contribution in [0.15, 0.2) is 30.3 Å². The predicted octanol–water partition coefficient (Wildman–Crippen LogP) is 5.96. The average molecular weight is 361 g/mol. The van der Waals surface area contributed by atoms with E-state index in [1.165, 1.54) is 6.07 Å². The molecule has 0 spiro atoms. The molecule has 0 amide bonds. The summed E-state index contributed by atoms with van der Waals surface area (Å²) in [5.41, 5.74) is 1.13. The van der Waals surface area contributed by atoms with E-state index in [1.54, 1.807) is 31.4 Å². The molecule has 0 aromatic heterocycles. The van der Waals surface area contributed by atoms with Crippen LogP contribution < -0.4 is 4.74 Å². The smallest absolute Gasteiger partial charge is 0.118 e. The van der Waals surface area contributed by atoms with E-state index in [1.807, 2.05) is 0 Å². The third kappa shape index (κ3) is 3.22. The van der Waals surface area contributed by atoms with E-state index in [9.17, 15) is 5.26 Å². The molecular weight excluding hydrogens is 352 g/mol.